The van der Waals surface area contributed by atoms with E-state index < -0.39 is 17.6 Å². The fourth-order valence-corrected chi connectivity index (χ4v) is 1.59. The molecule has 1 aromatic carbocycles. The zero-order chi connectivity index (χ0) is 11.8. The summed E-state index contributed by atoms with van der Waals surface area (Å²) in [5, 5.41) is 0.0236. The van der Waals surface area contributed by atoms with Gasteiger partial charge in [-0.25, -0.2) is 4.39 Å². The van der Waals surface area contributed by atoms with E-state index >= 15 is 0 Å². The van der Waals surface area contributed by atoms with Crippen molar-refractivity contribution in [2.24, 2.45) is 0 Å². The first-order valence-electron chi connectivity index (χ1n) is 4.29. The van der Waals surface area contributed by atoms with Crippen LogP contribution in [0.5, 0.6) is 0 Å². The van der Waals surface area contributed by atoms with Gasteiger partial charge in [-0.1, -0.05) is 25.4 Å². The fourth-order valence-electron chi connectivity index (χ4n) is 1.23. The number of hydrogen-bond acceptors (Lipinski definition) is 0. The third-order valence-corrected chi connectivity index (χ3v) is 2.34. The minimum Gasteiger partial charge on any atom is -0.206 e. The molecule has 0 atom stereocenters. The van der Waals surface area contributed by atoms with Crippen molar-refractivity contribution in [3.05, 3.63) is 34.1 Å². The molecule has 0 aliphatic carbocycles. The molecule has 0 N–H and O–H groups in total. The largest absolute Gasteiger partial charge is 0.419 e. The Morgan fingerprint density at radius 1 is 1.20 bits per heavy atom. The number of alkyl halides is 3. The summed E-state index contributed by atoms with van der Waals surface area (Å²) in [5.74, 6) is -1.52. The van der Waals surface area contributed by atoms with Gasteiger partial charge in [-0.3, -0.25) is 0 Å². The van der Waals surface area contributed by atoms with Crippen LogP contribution in [0.4, 0.5) is 17.6 Å². The summed E-state index contributed by atoms with van der Waals surface area (Å²) in [6.45, 7) is 3.39. The van der Waals surface area contributed by atoms with E-state index in [1.807, 2.05) is 0 Å². The minimum atomic E-state index is -4.68. The third kappa shape index (κ3) is 2.62. The van der Waals surface area contributed by atoms with E-state index in [2.05, 4.69) is 0 Å². The predicted octanol–water partition coefficient (Wildman–Crippen LogP) is 4.62. The lowest BCUT2D eigenvalue weighted by Gasteiger charge is -2.13. The van der Waals surface area contributed by atoms with Gasteiger partial charge in [0.05, 0.1) is 5.56 Å². The highest BCUT2D eigenvalue weighted by molar-refractivity contribution is 6.31. The van der Waals surface area contributed by atoms with Gasteiger partial charge in [0.2, 0.25) is 0 Å². The van der Waals surface area contributed by atoms with Crippen molar-refractivity contribution >= 4 is 11.6 Å². The van der Waals surface area contributed by atoms with Crippen LogP contribution in [0.1, 0.15) is 30.9 Å². The summed E-state index contributed by atoms with van der Waals surface area (Å²) in [6, 6.07) is 1.47. The Morgan fingerprint density at radius 3 is 2.13 bits per heavy atom. The van der Waals surface area contributed by atoms with Gasteiger partial charge in [0.15, 0.2) is 0 Å². The molecule has 0 aliphatic heterocycles. The molecule has 0 saturated heterocycles. The first kappa shape index (κ1) is 12.3. The van der Waals surface area contributed by atoms with Crippen molar-refractivity contribution in [2.75, 3.05) is 0 Å². The van der Waals surface area contributed by atoms with Gasteiger partial charge in [-0.2, -0.15) is 13.2 Å². The lowest BCUT2D eigenvalue weighted by Crippen LogP contribution is -2.09. The Bertz CT molecular complexity index is 368. The van der Waals surface area contributed by atoms with Crippen LogP contribution in [0, 0.1) is 5.82 Å². The van der Waals surface area contributed by atoms with Crippen LogP contribution in [-0.2, 0) is 6.18 Å². The Labute approximate surface area is 89.9 Å². The van der Waals surface area contributed by atoms with Crippen LogP contribution in [0.25, 0.3) is 0 Å². The molecule has 0 heterocycles. The van der Waals surface area contributed by atoms with Crippen LogP contribution in [-0.4, -0.2) is 0 Å². The van der Waals surface area contributed by atoms with Crippen molar-refractivity contribution in [3.8, 4) is 0 Å². The number of benzene rings is 1. The molecule has 0 radical (unpaired) electrons. The summed E-state index contributed by atoms with van der Waals surface area (Å²) in [7, 11) is 0. The molecule has 1 rings (SSSR count). The Kier molecular flexibility index (Phi) is 3.28. The van der Waals surface area contributed by atoms with Crippen LogP contribution in [0.15, 0.2) is 12.1 Å². The van der Waals surface area contributed by atoms with Crippen molar-refractivity contribution < 1.29 is 17.6 Å². The van der Waals surface area contributed by atoms with E-state index in [4.69, 9.17) is 11.6 Å². The Balaban J connectivity index is 3.37. The van der Waals surface area contributed by atoms with Gasteiger partial charge in [0.1, 0.15) is 5.82 Å². The van der Waals surface area contributed by atoms with Crippen molar-refractivity contribution in [1.29, 1.82) is 0 Å². The lowest BCUT2D eigenvalue weighted by molar-refractivity contribution is -0.140. The molecule has 84 valence electrons. The molecule has 0 aliphatic rings. The molecule has 0 bridgehead atoms. The molecule has 15 heavy (non-hydrogen) atoms. The molecular formula is C10H9ClF4. The number of rotatable bonds is 1. The van der Waals surface area contributed by atoms with E-state index in [9.17, 15) is 17.6 Å². The number of halogens is 5. The third-order valence-electron chi connectivity index (χ3n) is 2.01. The van der Waals surface area contributed by atoms with Gasteiger partial charge in [-0.15, -0.1) is 0 Å². The highest BCUT2D eigenvalue weighted by atomic mass is 35.5. The fraction of sp³-hybridized carbons (Fsp3) is 0.400. The second-order valence-corrected chi connectivity index (χ2v) is 3.91. The quantitative estimate of drug-likeness (QED) is 0.628. The first-order chi connectivity index (χ1) is 6.73. The molecule has 0 nitrogen and oxygen atoms in total. The maximum Gasteiger partial charge on any atom is 0.419 e. The average Bonchev–Trinajstić information content (AvgIpc) is 2.00. The molecule has 5 heteroatoms. The maximum absolute atomic E-state index is 13.0. The second-order valence-electron chi connectivity index (χ2n) is 3.51. The molecule has 0 spiro atoms. The molecule has 1 aromatic rings. The topological polar surface area (TPSA) is 0 Å². The summed E-state index contributed by atoms with van der Waals surface area (Å²) in [4.78, 5) is 0. The molecule has 0 unspecified atom stereocenters. The van der Waals surface area contributed by atoms with Crippen LogP contribution in [0.3, 0.4) is 0 Å². The lowest BCUT2D eigenvalue weighted by atomic mass is 10.00. The maximum atomic E-state index is 13.0. The Hall–Kier alpha value is -0.770. The summed E-state index contributed by atoms with van der Waals surface area (Å²) in [6.07, 6.45) is -4.68. The van der Waals surface area contributed by atoms with Gasteiger partial charge in [0, 0.05) is 5.02 Å². The SMILES string of the molecule is CC(C)c1cc(C(F)(F)F)c(F)cc1Cl. The zero-order valence-electron chi connectivity index (χ0n) is 8.12. The molecule has 0 amide bonds. The van der Waals surface area contributed by atoms with Crippen LogP contribution in [0.2, 0.25) is 5.02 Å². The number of hydrogen-bond donors (Lipinski definition) is 0. The highest BCUT2D eigenvalue weighted by Crippen LogP contribution is 2.36. The highest BCUT2D eigenvalue weighted by Gasteiger charge is 2.35. The zero-order valence-corrected chi connectivity index (χ0v) is 8.88. The van der Waals surface area contributed by atoms with Gasteiger partial charge in [0.25, 0.3) is 0 Å². The smallest absolute Gasteiger partial charge is 0.206 e. The first-order valence-corrected chi connectivity index (χ1v) is 4.67. The van der Waals surface area contributed by atoms with Crippen molar-refractivity contribution in [3.63, 3.8) is 0 Å². The normalized spacial score (nSPS) is 12.3. The summed E-state index contributed by atoms with van der Waals surface area (Å²) < 4.78 is 50.0. The van der Waals surface area contributed by atoms with E-state index in [1.54, 1.807) is 13.8 Å². The van der Waals surface area contributed by atoms with Gasteiger partial charge < -0.3 is 0 Å². The molecular weight excluding hydrogens is 232 g/mol. The van der Waals surface area contributed by atoms with Crippen LogP contribution < -0.4 is 0 Å². The average molecular weight is 241 g/mol. The predicted molar refractivity (Wildman–Crippen MR) is 50.5 cm³/mol. The summed E-state index contributed by atoms with van der Waals surface area (Å²) in [5.41, 5.74) is -0.971. The summed E-state index contributed by atoms with van der Waals surface area (Å²) >= 11 is 5.64. The molecule has 0 aromatic heterocycles. The van der Waals surface area contributed by atoms with Crippen molar-refractivity contribution in [1.82, 2.24) is 0 Å². The molecule has 0 fully saturated rings. The van der Waals surface area contributed by atoms with E-state index in [-0.39, 0.29) is 10.9 Å². The van der Waals surface area contributed by atoms with E-state index in [1.165, 1.54) is 0 Å². The standard InChI is InChI=1S/C10H9ClF4/c1-5(2)6-3-7(10(13,14)15)9(12)4-8(6)11/h3-5H,1-2H3. The monoisotopic (exact) mass is 240 g/mol. The van der Waals surface area contributed by atoms with Gasteiger partial charge >= 0.3 is 6.18 Å². The van der Waals surface area contributed by atoms with Gasteiger partial charge in [-0.05, 0) is 23.6 Å². The van der Waals surface area contributed by atoms with E-state index in [0.29, 0.717) is 11.6 Å². The van der Waals surface area contributed by atoms with Crippen LogP contribution >= 0.6 is 11.6 Å². The molecule has 0 saturated carbocycles. The van der Waals surface area contributed by atoms with Crippen molar-refractivity contribution in [2.45, 2.75) is 25.9 Å². The Morgan fingerprint density at radius 2 is 1.73 bits per heavy atom. The van der Waals surface area contributed by atoms with E-state index in [0.717, 1.165) is 6.07 Å². The second kappa shape index (κ2) is 4.00. The minimum absolute atomic E-state index is 0.0236.